The van der Waals surface area contributed by atoms with Gasteiger partial charge in [0.25, 0.3) is 10.1 Å². The van der Waals surface area contributed by atoms with Crippen LogP contribution in [0.2, 0.25) is 0 Å². The maximum absolute atomic E-state index is 11.5. The van der Waals surface area contributed by atoms with Gasteiger partial charge in [-0.05, 0) is 18.8 Å². The third kappa shape index (κ3) is 21.5. The third-order valence-electron chi connectivity index (χ3n) is 5.08. The quantitative estimate of drug-likeness (QED) is 0.163. The molecule has 0 aliphatic heterocycles. The second-order valence-corrected chi connectivity index (χ2v) is 9.37. The Kier molecular flexibility index (Phi) is 17.1. The zero-order chi connectivity index (χ0) is 20.4. The first kappa shape index (κ1) is 26.4. The standard InChI is InChI=1S/C21H42O5S/c1-3-20(2)16-13-11-9-7-5-4-6-8-10-12-14-17-21(22)26-18-15-19-27(23,24)25/h20H,3-19H2,1-2H3,(H,23,24,25). The molecule has 5 nitrogen and oxygen atoms in total. The van der Waals surface area contributed by atoms with Crippen LogP contribution < -0.4 is 0 Å². The van der Waals surface area contributed by atoms with Crippen molar-refractivity contribution >= 4 is 16.1 Å². The Hall–Kier alpha value is -0.620. The van der Waals surface area contributed by atoms with Crippen LogP contribution in [0, 0.1) is 5.92 Å². The fourth-order valence-electron chi connectivity index (χ4n) is 3.06. The van der Waals surface area contributed by atoms with Crippen LogP contribution in [0.1, 0.15) is 110 Å². The zero-order valence-electron chi connectivity index (χ0n) is 17.6. The fraction of sp³-hybridized carbons (Fsp3) is 0.952. The Balaban J connectivity index is 3.23. The van der Waals surface area contributed by atoms with E-state index in [1.165, 1.54) is 64.2 Å². The van der Waals surface area contributed by atoms with Gasteiger partial charge in [0.1, 0.15) is 0 Å². The van der Waals surface area contributed by atoms with Gasteiger partial charge in [-0.25, -0.2) is 0 Å². The largest absolute Gasteiger partial charge is 0.466 e. The van der Waals surface area contributed by atoms with E-state index in [-0.39, 0.29) is 24.7 Å². The molecule has 0 saturated heterocycles. The summed E-state index contributed by atoms with van der Waals surface area (Å²) in [6, 6.07) is 0. The van der Waals surface area contributed by atoms with E-state index < -0.39 is 10.1 Å². The van der Waals surface area contributed by atoms with Crippen molar-refractivity contribution in [2.75, 3.05) is 12.4 Å². The Bertz CT molecular complexity index is 447. The number of hydrogen-bond acceptors (Lipinski definition) is 4. The molecule has 0 bridgehead atoms. The lowest BCUT2D eigenvalue weighted by molar-refractivity contribution is -0.143. The highest BCUT2D eigenvalue weighted by atomic mass is 32.2. The van der Waals surface area contributed by atoms with Crippen LogP contribution >= 0.6 is 0 Å². The van der Waals surface area contributed by atoms with Crippen LogP contribution in [-0.2, 0) is 19.6 Å². The molecule has 0 aromatic rings. The first-order valence-corrected chi connectivity index (χ1v) is 12.6. The molecule has 0 rings (SSSR count). The molecule has 0 radical (unpaired) electrons. The first-order chi connectivity index (χ1) is 12.8. The molecule has 0 heterocycles. The highest BCUT2D eigenvalue weighted by Gasteiger charge is 2.06. The average Bonchev–Trinajstić information content (AvgIpc) is 2.61. The van der Waals surface area contributed by atoms with E-state index in [1.54, 1.807) is 0 Å². The lowest BCUT2D eigenvalue weighted by Crippen LogP contribution is -2.10. The normalized spacial score (nSPS) is 12.9. The molecule has 0 aliphatic rings. The number of unbranched alkanes of at least 4 members (excludes halogenated alkanes) is 10. The fourth-order valence-corrected chi connectivity index (χ4v) is 3.54. The number of hydrogen-bond donors (Lipinski definition) is 1. The summed E-state index contributed by atoms with van der Waals surface area (Å²) in [7, 11) is -3.96. The van der Waals surface area contributed by atoms with Crippen molar-refractivity contribution < 1.29 is 22.5 Å². The third-order valence-corrected chi connectivity index (χ3v) is 5.89. The number of esters is 1. The SMILES string of the molecule is CCC(C)CCCCCCCCCCCCCC(=O)OCCCS(=O)(=O)O. The number of rotatable bonds is 19. The Morgan fingerprint density at radius 1 is 0.852 bits per heavy atom. The predicted octanol–water partition coefficient (Wildman–Crippen LogP) is 5.92. The molecule has 0 amide bonds. The number of carbonyl (C=O) groups is 1. The molecule has 1 N–H and O–H groups in total. The smallest absolute Gasteiger partial charge is 0.305 e. The van der Waals surface area contributed by atoms with Gasteiger partial charge in [-0.2, -0.15) is 8.42 Å². The summed E-state index contributed by atoms with van der Waals surface area (Å²) in [5.41, 5.74) is 0. The van der Waals surface area contributed by atoms with Crippen LogP contribution in [0.5, 0.6) is 0 Å². The Morgan fingerprint density at radius 2 is 1.33 bits per heavy atom. The molecular weight excluding hydrogens is 364 g/mol. The van der Waals surface area contributed by atoms with Crippen LogP contribution in [0.4, 0.5) is 0 Å². The molecule has 1 atom stereocenters. The van der Waals surface area contributed by atoms with E-state index in [1.807, 2.05) is 0 Å². The molecule has 0 aromatic heterocycles. The Morgan fingerprint density at radius 3 is 1.81 bits per heavy atom. The van der Waals surface area contributed by atoms with Gasteiger partial charge in [-0.1, -0.05) is 90.9 Å². The lowest BCUT2D eigenvalue weighted by Gasteiger charge is -2.07. The summed E-state index contributed by atoms with van der Waals surface area (Å²) < 4.78 is 34.6. The lowest BCUT2D eigenvalue weighted by atomic mass is 9.99. The molecule has 0 aromatic carbocycles. The van der Waals surface area contributed by atoms with Gasteiger partial charge < -0.3 is 4.74 Å². The number of carbonyl (C=O) groups excluding carboxylic acids is 1. The average molecular weight is 407 g/mol. The van der Waals surface area contributed by atoms with Crippen molar-refractivity contribution in [3.63, 3.8) is 0 Å². The molecule has 1 unspecified atom stereocenters. The predicted molar refractivity (Wildman–Crippen MR) is 111 cm³/mol. The summed E-state index contributed by atoms with van der Waals surface area (Å²) >= 11 is 0. The molecule has 0 saturated carbocycles. The van der Waals surface area contributed by atoms with E-state index >= 15 is 0 Å². The second kappa shape index (κ2) is 17.5. The molecule has 0 fully saturated rings. The van der Waals surface area contributed by atoms with E-state index in [0.29, 0.717) is 6.42 Å². The summed E-state index contributed by atoms with van der Waals surface area (Å²) in [6.07, 6.45) is 16.9. The van der Waals surface area contributed by atoms with Crippen LogP contribution in [0.3, 0.4) is 0 Å². The van der Waals surface area contributed by atoms with Gasteiger partial charge in [0.2, 0.25) is 0 Å². The van der Waals surface area contributed by atoms with Crippen molar-refractivity contribution in [2.24, 2.45) is 5.92 Å². The van der Waals surface area contributed by atoms with Gasteiger partial charge in [-0.3, -0.25) is 9.35 Å². The second-order valence-electron chi connectivity index (χ2n) is 7.80. The minimum Gasteiger partial charge on any atom is -0.466 e. The van der Waals surface area contributed by atoms with E-state index in [4.69, 9.17) is 9.29 Å². The summed E-state index contributed by atoms with van der Waals surface area (Å²) in [6.45, 7) is 4.67. The summed E-state index contributed by atoms with van der Waals surface area (Å²) in [5.74, 6) is 0.244. The van der Waals surface area contributed by atoms with Crippen LogP contribution in [-0.4, -0.2) is 31.3 Å². The van der Waals surface area contributed by atoms with Crippen molar-refractivity contribution in [1.82, 2.24) is 0 Å². The monoisotopic (exact) mass is 406 g/mol. The van der Waals surface area contributed by atoms with Gasteiger partial charge in [0.05, 0.1) is 12.4 Å². The maximum atomic E-state index is 11.5. The molecule has 0 aliphatic carbocycles. The van der Waals surface area contributed by atoms with Crippen molar-refractivity contribution in [3.05, 3.63) is 0 Å². The maximum Gasteiger partial charge on any atom is 0.305 e. The minimum absolute atomic E-state index is 0.0518. The molecule has 6 heteroatoms. The first-order valence-electron chi connectivity index (χ1n) is 11.0. The van der Waals surface area contributed by atoms with Gasteiger partial charge in [-0.15, -0.1) is 0 Å². The minimum atomic E-state index is -3.96. The molecule has 27 heavy (non-hydrogen) atoms. The number of ether oxygens (including phenoxy) is 1. The molecule has 162 valence electrons. The molecular formula is C21H42O5S. The summed E-state index contributed by atoms with van der Waals surface area (Å²) in [4.78, 5) is 11.5. The van der Waals surface area contributed by atoms with Crippen molar-refractivity contribution in [3.8, 4) is 0 Å². The van der Waals surface area contributed by atoms with Crippen LogP contribution in [0.25, 0.3) is 0 Å². The molecule has 0 spiro atoms. The topological polar surface area (TPSA) is 80.7 Å². The van der Waals surface area contributed by atoms with Crippen molar-refractivity contribution in [2.45, 2.75) is 110 Å². The van der Waals surface area contributed by atoms with Gasteiger partial charge >= 0.3 is 5.97 Å². The zero-order valence-corrected chi connectivity index (χ0v) is 18.4. The van der Waals surface area contributed by atoms with E-state index in [2.05, 4.69) is 13.8 Å². The Labute approximate surface area is 167 Å². The van der Waals surface area contributed by atoms with E-state index in [0.717, 1.165) is 25.2 Å². The van der Waals surface area contributed by atoms with Gasteiger partial charge in [0, 0.05) is 6.42 Å². The van der Waals surface area contributed by atoms with E-state index in [9.17, 15) is 13.2 Å². The summed E-state index contributed by atoms with van der Waals surface area (Å²) in [5, 5.41) is 0. The van der Waals surface area contributed by atoms with Crippen molar-refractivity contribution in [1.29, 1.82) is 0 Å². The highest BCUT2D eigenvalue weighted by Crippen LogP contribution is 2.15. The van der Waals surface area contributed by atoms with Crippen LogP contribution in [0.15, 0.2) is 0 Å². The van der Waals surface area contributed by atoms with Gasteiger partial charge in [0.15, 0.2) is 0 Å². The highest BCUT2D eigenvalue weighted by molar-refractivity contribution is 7.85.